The summed E-state index contributed by atoms with van der Waals surface area (Å²) in [5, 5.41) is 3.75. The Kier molecular flexibility index (Phi) is 18.2. The van der Waals surface area contributed by atoms with Crippen molar-refractivity contribution < 1.29 is 57.0 Å². The van der Waals surface area contributed by atoms with Crippen LogP contribution < -0.4 is 28.4 Å². The molecule has 9 rings (SSSR count). The van der Waals surface area contributed by atoms with Crippen LogP contribution in [0.5, 0.6) is 34.5 Å². The molecule has 8 aromatic carbocycles. The molecule has 0 aromatic heterocycles. The van der Waals surface area contributed by atoms with Crippen LogP contribution in [0, 0.1) is 50.4 Å². The van der Waals surface area contributed by atoms with Crippen LogP contribution in [0.2, 0.25) is 0 Å². The molecular weight excluding hydrogens is 1020 g/mol. The molecule has 0 saturated carbocycles. The minimum atomic E-state index is -0.883. The molecule has 412 valence electrons. The van der Waals surface area contributed by atoms with Gasteiger partial charge in [0.2, 0.25) is 0 Å². The first-order valence-electron chi connectivity index (χ1n) is 26.9. The molecule has 0 fully saturated rings. The van der Waals surface area contributed by atoms with Gasteiger partial charge in [-0.25, -0.2) is 0 Å². The van der Waals surface area contributed by atoms with E-state index in [1.54, 1.807) is 13.8 Å². The quantitative estimate of drug-likeness (QED) is 0.0290. The summed E-state index contributed by atoms with van der Waals surface area (Å²) in [5.41, 5.74) is 7.34. The third-order valence-electron chi connectivity index (χ3n) is 14.4. The number of hydrogen-bond acceptors (Lipinski definition) is 12. The predicted molar refractivity (Wildman–Crippen MR) is 312 cm³/mol. The number of esters is 2. The molecule has 0 N–H and O–H groups in total. The highest BCUT2D eigenvalue weighted by Crippen LogP contribution is 2.56. The van der Waals surface area contributed by atoms with Crippen molar-refractivity contribution in [2.24, 2.45) is 11.8 Å². The molecule has 81 heavy (non-hydrogen) atoms. The number of carbonyl (C=O) groups is 3. The molecule has 1 aliphatic rings. The SMILES string of the molecule is C#CCOc1cc2ccccc2cc1OCC(COc1ccc(C2(c3ccc(OCC(COc4cc5ccccc5cc4OCC#C)OC(=O)C(C)COC)c(C)c3)c3ccccc3-c3ccccc32)cc1C)OC(=O)C(C)CC=O. The monoisotopic (exact) mass is 1080 g/mol. The summed E-state index contributed by atoms with van der Waals surface area (Å²) in [6.45, 7) is 7.43. The van der Waals surface area contributed by atoms with Gasteiger partial charge in [-0.15, -0.1) is 12.8 Å². The van der Waals surface area contributed by atoms with Crippen LogP contribution >= 0.6 is 0 Å². The second-order valence-electron chi connectivity index (χ2n) is 20.1. The van der Waals surface area contributed by atoms with Gasteiger partial charge in [-0.1, -0.05) is 140 Å². The minimum absolute atomic E-state index is 0.00743. The van der Waals surface area contributed by atoms with Crippen molar-refractivity contribution in [1.82, 2.24) is 0 Å². The van der Waals surface area contributed by atoms with Crippen molar-refractivity contribution in [1.29, 1.82) is 0 Å². The lowest BCUT2D eigenvalue weighted by Gasteiger charge is -2.35. The first-order chi connectivity index (χ1) is 39.4. The number of carbonyl (C=O) groups excluding carboxylic acids is 3. The van der Waals surface area contributed by atoms with E-state index >= 15 is 0 Å². The number of fused-ring (bicyclic) bond motifs is 5. The van der Waals surface area contributed by atoms with Gasteiger partial charge in [0.1, 0.15) is 57.4 Å². The number of rotatable bonds is 26. The summed E-state index contributed by atoms with van der Waals surface area (Å²) in [6, 6.07) is 52.4. The average molecular weight is 1090 g/mol. The van der Waals surface area contributed by atoms with Crippen LogP contribution in [-0.2, 0) is 34.0 Å². The number of terminal acetylenes is 2. The lowest BCUT2D eigenvalue weighted by molar-refractivity contribution is -0.158. The molecule has 1 aliphatic carbocycles. The fraction of sp³-hybridized carbons (Fsp3) is 0.261. The Balaban J connectivity index is 1.00. The molecule has 12 nitrogen and oxygen atoms in total. The van der Waals surface area contributed by atoms with Gasteiger partial charge in [0.05, 0.1) is 23.9 Å². The van der Waals surface area contributed by atoms with Gasteiger partial charge in [0, 0.05) is 13.5 Å². The van der Waals surface area contributed by atoms with Gasteiger partial charge >= 0.3 is 11.9 Å². The summed E-state index contributed by atoms with van der Waals surface area (Å²) in [4.78, 5) is 38.1. The molecule has 12 heteroatoms. The Morgan fingerprint density at radius 3 is 1.23 bits per heavy atom. The average Bonchev–Trinajstić information content (AvgIpc) is 3.58. The molecule has 0 bridgehead atoms. The molecule has 0 aliphatic heterocycles. The predicted octanol–water partition coefficient (Wildman–Crippen LogP) is 12.2. The zero-order valence-corrected chi connectivity index (χ0v) is 46.1. The van der Waals surface area contributed by atoms with E-state index in [-0.39, 0.29) is 52.7 Å². The summed E-state index contributed by atoms with van der Waals surface area (Å²) in [6.07, 6.45) is 10.1. The van der Waals surface area contributed by atoms with E-state index in [4.69, 9.17) is 55.5 Å². The second-order valence-corrected chi connectivity index (χ2v) is 20.1. The Morgan fingerprint density at radius 1 is 0.481 bits per heavy atom. The summed E-state index contributed by atoms with van der Waals surface area (Å²) < 4.78 is 54.9. The Bertz CT molecular complexity index is 3600. The topological polar surface area (TPSA) is 134 Å². The van der Waals surface area contributed by atoms with Gasteiger partial charge in [0.15, 0.2) is 35.2 Å². The third kappa shape index (κ3) is 12.6. The van der Waals surface area contributed by atoms with Crippen LogP contribution in [0.3, 0.4) is 0 Å². The zero-order valence-electron chi connectivity index (χ0n) is 46.1. The van der Waals surface area contributed by atoms with Crippen LogP contribution in [0.1, 0.15) is 53.6 Å². The minimum Gasteiger partial charge on any atom is -0.489 e. The summed E-state index contributed by atoms with van der Waals surface area (Å²) >= 11 is 0. The molecule has 0 amide bonds. The van der Waals surface area contributed by atoms with Gasteiger partial charge in [-0.2, -0.15) is 0 Å². The highest BCUT2D eigenvalue weighted by molar-refractivity contribution is 5.88. The molecule has 0 saturated heterocycles. The molecule has 4 atom stereocenters. The summed E-state index contributed by atoms with van der Waals surface area (Å²) in [7, 11) is 1.54. The molecule has 0 spiro atoms. The summed E-state index contributed by atoms with van der Waals surface area (Å²) in [5.74, 6) is 5.77. The molecular formula is C69H64O12. The maximum Gasteiger partial charge on any atom is 0.311 e. The number of aldehydes is 1. The van der Waals surface area contributed by atoms with Gasteiger partial charge in [-0.05, 0) is 123 Å². The highest BCUT2D eigenvalue weighted by atomic mass is 16.6. The highest BCUT2D eigenvalue weighted by Gasteiger charge is 2.46. The van der Waals surface area contributed by atoms with Crippen molar-refractivity contribution in [3.05, 3.63) is 191 Å². The first kappa shape index (κ1) is 56.5. The number of methoxy groups -OCH3 is 1. The van der Waals surface area contributed by atoms with Crippen molar-refractivity contribution >= 4 is 39.8 Å². The lowest BCUT2D eigenvalue weighted by Crippen LogP contribution is -2.34. The maximum atomic E-state index is 13.4. The van der Waals surface area contributed by atoms with Crippen molar-refractivity contribution in [2.75, 3.05) is 53.4 Å². The van der Waals surface area contributed by atoms with E-state index in [1.165, 1.54) is 7.11 Å². The molecule has 0 heterocycles. The Labute approximate surface area is 473 Å². The van der Waals surface area contributed by atoms with Crippen molar-refractivity contribution in [2.45, 2.75) is 51.7 Å². The lowest BCUT2D eigenvalue weighted by atomic mass is 9.67. The van der Waals surface area contributed by atoms with Crippen LogP contribution in [0.4, 0.5) is 0 Å². The van der Waals surface area contributed by atoms with E-state index in [1.807, 2.05) is 98.8 Å². The number of aryl methyl sites for hydroxylation is 2. The van der Waals surface area contributed by atoms with Crippen molar-refractivity contribution in [3.63, 3.8) is 0 Å². The Morgan fingerprint density at radius 2 is 0.852 bits per heavy atom. The van der Waals surface area contributed by atoms with E-state index in [0.29, 0.717) is 40.8 Å². The van der Waals surface area contributed by atoms with E-state index in [2.05, 4.69) is 84.6 Å². The Hall–Kier alpha value is -9.23. The number of ether oxygens (including phenoxy) is 9. The number of hydrogen-bond donors (Lipinski definition) is 0. The zero-order chi connectivity index (χ0) is 56.9. The van der Waals surface area contributed by atoms with Crippen LogP contribution in [0.25, 0.3) is 32.7 Å². The number of benzene rings is 8. The largest absolute Gasteiger partial charge is 0.489 e. The third-order valence-corrected chi connectivity index (χ3v) is 14.4. The standard InChI is InChI=1S/C69H64O12/c1-8-32-74-63-36-49-18-10-12-20-51(49)38-65(63)78-43-55(80-67(71)45(3)30-31-70)41-76-61-28-26-53(34-46(61)4)69(59-24-16-14-22-57(59)58-23-15-17-25-60(58)69)54-27-29-62(47(5)35-54)77-42-56(81-68(72)48(6)40-73-7)44-79-66-39-52-21-13-11-19-50(52)37-64(66)75-33-9-2/h1-2,10-29,31,34-39,45,48,55-56H,30,32-33,40-44H2,3-7H3. The van der Waals surface area contributed by atoms with Crippen molar-refractivity contribution in [3.8, 4) is 70.3 Å². The van der Waals surface area contributed by atoms with Crippen LogP contribution in [0.15, 0.2) is 158 Å². The first-order valence-corrected chi connectivity index (χ1v) is 26.9. The van der Waals surface area contributed by atoms with Gasteiger partial charge < -0.3 is 47.4 Å². The van der Waals surface area contributed by atoms with Gasteiger partial charge in [0.25, 0.3) is 0 Å². The van der Waals surface area contributed by atoms with Gasteiger partial charge in [-0.3, -0.25) is 9.59 Å². The maximum absolute atomic E-state index is 13.4. The normalized spacial score (nSPS) is 13.5. The molecule has 0 radical (unpaired) electrons. The second kappa shape index (κ2) is 26.2. The van der Waals surface area contributed by atoms with Crippen LogP contribution in [-0.4, -0.2) is 83.8 Å². The fourth-order valence-corrected chi connectivity index (χ4v) is 10.3. The van der Waals surface area contributed by atoms with E-state index in [0.717, 1.165) is 66.1 Å². The molecule has 8 aromatic rings. The fourth-order valence-electron chi connectivity index (χ4n) is 10.3. The molecule has 4 unspecified atom stereocenters. The smallest absolute Gasteiger partial charge is 0.311 e. The van der Waals surface area contributed by atoms with E-state index in [9.17, 15) is 14.4 Å². The van der Waals surface area contributed by atoms with E-state index < -0.39 is 41.4 Å².